The summed E-state index contributed by atoms with van der Waals surface area (Å²) in [6.45, 7) is 0. The van der Waals surface area contributed by atoms with Crippen molar-refractivity contribution >= 4 is 33.6 Å². The van der Waals surface area contributed by atoms with Crippen LogP contribution in [0, 0.1) is 5.82 Å². The molecule has 8 heteroatoms. The van der Waals surface area contributed by atoms with Crippen LogP contribution in [0.4, 0.5) is 10.1 Å². The van der Waals surface area contributed by atoms with Crippen LogP contribution in [0.1, 0.15) is 10.4 Å². The third kappa shape index (κ3) is 2.69. The molecule has 0 spiro atoms. The van der Waals surface area contributed by atoms with Gasteiger partial charge < -0.3 is 14.7 Å². The number of amides is 1. The molecule has 0 bridgehead atoms. The van der Waals surface area contributed by atoms with Gasteiger partial charge in [0.05, 0.1) is 11.0 Å². The number of rotatable bonds is 2. The van der Waals surface area contributed by atoms with E-state index in [1.165, 1.54) is 30.3 Å². The highest BCUT2D eigenvalue weighted by atomic mass is 19.1. The molecule has 7 nitrogen and oxygen atoms in total. The van der Waals surface area contributed by atoms with Gasteiger partial charge in [-0.2, -0.15) is 0 Å². The zero-order valence-corrected chi connectivity index (χ0v) is 12.6. The van der Waals surface area contributed by atoms with Crippen LogP contribution in [0.5, 0.6) is 0 Å². The summed E-state index contributed by atoms with van der Waals surface area (Å²) in [6, 6.07) is 9.88. The molecule has 1 amide bonds. The average molecular weight is 339 g/mol. The smallest absolute Gasteiger partial charge is 0.408 e. The average Bonchev–Trinajstić information content (AvgIpc) is 2.93. The van der Waals surface area contributed by atoms with Gasteiger partial charge in [-0.1, -0.05) is 0 Å². The summed E-state index contributed by atoms with van der Waals surface area (Å²) in [5, 5.41) is 3.09. The third-order valence-electron chi connectivity index (χ3n) is 3.73. The molecule has 0 saturated heterocycles. The predicted molar refractivity (Wildman–Crippen MR) is 89.3 cm³/mol. The first-order chi connectivity index (χ1) is 12.0. The predicted octanol–water partition coefficient (Wildman–Crippen LogP) is 2.35. The third-order valence-corrected chi connectivity index (χ3v) is 3.73. The fourth-order valence-electron chi connectivity index (χ4n) is 2.56. The van der Waals surface area contributed by atoms with Crippen molar-refractivity contribution < 1.29 is 13.6 Å². The van der Waals surface area contributed by atoms with E-state index >= 15 is 0 Å². The van der Waals surface area contributed by atoms with Gasteiger partial charge in [0.1, 0.15) is 11.4 Å². The lowest BCUT2D eigenvalue weighted by molar-refractivity contribution is 0.102. The standard InChI is InChI=1S/C17H10FN3O4/c18-9-2-1-8-5-11(16(23)20-13(8)6-9)15(22)19-10-3-4-12-14(7-10)25-17(24)21-12/h1-7H,(H,19,22)(H,20,23)(H,21,24). The van der Waals surface area contributed by atoms with Gasteiger partial charge >= 0.3 is 5.76 Å². The Bertz CT molecular complexity index is 1250. The van der Waals surface area contributed by atoms with E-state index in [0.29, 0.717) is 22.1 Å². The van der Waals surface area contributed by atoms with Crippen molar-refractivity contribution in [3.63, 3.8) is 0 Å². The summed E-state index contributed by atoms with van der Waals surface area (Å²) in [6.07, 6.45) is 0. The van der Waals surface area contributed by atoms with Crippen LogP contribution in [0.25, 0.3) is 22.0 Å². The topological polar surface area (TPSA) is 108 Å². The van der Waals surface area contributed by atoms with Gasteiger partial charge in [-0.25, -0.2) is 9.18 Å². The molecular formula is C17H10FN3O4. The molecule has 0 unspecified atom stereocenters. The minimum Gasteiger partial charge on any atom is -0.408 e. The van der Waals surface area contributed by atoms with Crippen LogP contribution in [0.2, 0.25) is 0 Å². The fourth-order valence-corrected chi connectivity index (χ4v) is 2.56. The molecule has 0 saturated carbocycles. The van der Waals surface area contributed by atoms with E-state index in [1.807, 2.05) is 0 Å². The van der Waals surface area contributed by atoms with Crippen molar-refractivity contribution in [2.75, 3.05) is 5.32 Å². The monoisotopic (exact) mass is 339 g/mol. The second-order valence-corrected chi connectivity index (χ2v) is 5.42. The normalized spacial score (nSPS) is 11.1. The summed E-state index contributed by atoms with van der Waals surface area (Å²) >= 11 is 0. The molecule has 4 rings (SSSR count). The molecule has 0 radical (unpaired) electrons. The molecule has 25 heavy (non-hydrogen) atoms. The zero-order valence-electron chi connectivity index (χ0n) is 12.6. The minimum absolute atomic E-state index is 0.116. The Morgan fingerprint density at radius 1 is 1.00 bits per heavy atom. The second-order valence-electron chi connectivity index (χ2n) is 5.42. The molecule has 3 N–H and O–H groups in total. The number of oxazole rings is 1. The number of halogens is 1. The summed E-state index contributed by atoms with van der Waals surface area (Å²) in [4.78, 5) is 40.6. The summed E-state index contributed by atoms with van der Waals surface area (Å²) in [5.74, 6) is -1.72. The number of carbonyl (C=O) groups is 1. The van der Waals surface area contributed by atoms with E-state index < -0.39 is 23.0 Å². The largest absolute Gasteiger partial charge is 0.417 e. The van der Waals surface area contributed by atoms with Gasteiger partial charge in [-0.15, -0.1) is 0 Å². The van der Waals surface area contributed by atoms with Crippen LogP contribution >= 0.6 is 0 Å². The van der Waals surface area contributed by atoms with E-state index in [9.17, 15) is 18.8 Å². The quantitative estimate of drug-likeness (QED) is 0.521. The molecule has 0 atom stereocenters. The van der Waals surface area contributed by atoms with Gasteiger partial charge in [0.15, 0.2) is 5.58 Å². The highest BCUT2D eigenvalue weighted by Crippen LogP contribution is 2.18. The van der Waals surface area contributed by atoms with Crippen molar-refractivity contribution in [3.8, 4) is 0 Å². The SMILES string of the molecule is O=C(Nc1ccc2[nH]c(=O)oc2c1)c1cc2ccc(F)cc2[nH]c1=O. The Kier molecular flexibility index (Phi) is 3.24. The van der Waals surface area contributed by atoms with E-state index in [2.05, 4.69) is 15.3 Å². The first-order valence-electron chi connectivity index (χ1n) is 7.26. The van der Waals surface area contributed by atoms with Crippen molar-refractivity contribution in [1.82, 2.24) is 9.97 Å². The first-order valence-corrected chi connectivity index (χ1v) is 7.26. The second kappa shape index (κ2) is 5.45. The van der Waals surface area contributed by atoms with Crippen molar-refractivity contribution in [2.24, 2.45) is 0 Å². The van der Waals surface area contributed by atoms with E-state index in [-0.39, 0.29) is 11.1 Å². The summed E-state index contributed by atoms with van der Waals surface area (Å²) in [5.41, 5.74) is 0.690. The highest BCUT2D eigenvalue weighted by Gasteiger charge is 2.13. The molecule has 124 valence electrons. The van der Waals surface area contributed by atoms with E-state index in [0.717, 1.165) is 0 Å². The molecule has 0 aliphatic heterocycles. The molecule has 2 heterocycles. The maximum absolute atomic E-state index is 13.2. The van der Waals surface area contributed by atoms with Crippen LogP contribution in [0.15, 0.2) is 56.5 Å². The Balaban J connectivity index is 1.70. The number of benzene rings is 2. The van der Waals surface area contributed by atoms with Crippen molar-refractivity contribution in [3.05, 3.63) is 74.7 Å². The molecule has 0 aliphatic rings. The lowest BCUT2D eigenvalue weighted by atomic mass is 10.1. The highest BCUT2D eigenvalue weighted by molar-refractivity contribution is 6.06. The Morgan fingerprint density at radius 2 is 1.84 bits per heavy atom. The lowest BCUT2D eigenvalue weighted by Crippen LogP contribution is -2.23. The number of anilines is 1. The van der Waals surface area contributed by atoms with Gasteiger partial charge in [-0.05, 0) is 41.8 Å². The van der Waals surface area contributed by atoms with Gasteiger partial charge in [0, 0.05) is 11.8 Å². The number of carbonyl (C=O) groups excluding carboxylic acids is 1. The maximum Gasteiger partial charge on any atom is 0.417 e. The van der Waals surface area contributed by atoms with Gasteiger partial charge in [0.2, 0.25) is 0 Å². The number of nitrogens with one attached hydrogen (secondary N) is 3. The molecule has 2 aromatic carbocycles. The van der Waals surface area contributed by atoms with Gasteiger partial charge in [0.25, 0.3) is 11.5 Å². The van der Waals surface area contributed by atoms with E-state index in [1.54, 1.807) is 12.1 Å². The first kappa shape index (κ1) is 14.9. The number of H-pyrrole nitrogens is 2. The number of hydrogen-bond acceptors (Lipinski definition) is 4. The van der Waals surface area contributed by atoms with Gasteiger partial charge in [-0.3, -0.25) is 14.6 Å². The van der Waals surface area contributed by atoms with E-state index in [4.69, 9.17) is 4.42 Å². The fraction of sp³-hybridized carbons (Fsp3) is 0. The van der Waals surface area contributed by atoms with Crippen LogP contribution in [-0.2, 0) is 0 Å². The number of pyridine rings is 1. The minimum atomic E-state index is -0.635. The molecule has 0 fully saturated rings. The Hall–Kier alpha value is -3.68. The van der Waals surface area contributed by atoms with Crippen LogP contribution < -0.4 is 16.6 Å². The maximum atomic E-state index is 13.2. The van der Waals surface area contributed by atoms with Crippen LogP contribution in [-0.4, -0.2) is 15.9 Å². The zero-order chi connectivity index (χ0) is 17.6. The Labute approximate surface area is 138 Å². The number of aromatic amines is 2. The molecule has 0 aliphatic carbocycles. The lowest BCUT2D eigenvalue weighted by Gasteiger charge is -2.06. The number of hydrogen-bond donors (Lipinski definition) is 3. The number of fused-ring (bicyclic) bond motifs is 2. The number of aromatic nitrogens is 2. The Morgan fingerprint density at radius 3 is 2.68 bits per heavy atom. The molecule has 4 aromatic rings. The molecule has 2 aromatic heterocycles. The van der Waals surface area contributed by atoms with Crippen molar-refractivity contribution in [2.45, 2.75) is 0 Å². The summed E-state index contributed by atoms with van der Waals surface area (Å²) < 4.78 is 18.1. The van der Waals surface area contributed by atoms with Crippen LogP contribution in [0.3, 0.4) is 0 Å². The summed E-state index contributed by atoms with van der Waals surface area (Å²) in [7, 11) is 0. The van der Waals surface area contributed by atoms with Crippen molar-refractivity contribution in [1.29, 1.82) is 0 Å². The molecular weight excluding hydrogens is 329 g/mol.